The first kappa shape index (κ1) is 20.5. The molecule has 0 aromatic heterocycles. The van der Waals surface area contributed by atoms with Gasteiger partial charge < -0.3 is 19.9 Å². The summed E-state index contributed by atoms with van der Waals surface area (Å²) < 4.78 is 4.77. The number of nitro groups is 1. The second kappa shape index (κ2) is 9.20. The van der Waals surface area contributed by atoms with Crippen molar-refractivity contribution in [1.29, 1.82) is 0 Å². The molecule has 1 aromatic rings. The van der Waals surface area contributed by atoms with E-state index in [9.17, 15) is 19.7 Å². The van der Waals surface area contributed by atoms with E-state index in [0.29, 0.717) is 32.6 Å². The summed E-state index contributed by atoms with van der Waals surface area (Å²) >= 11 is 0. The summed E-state index contributed by atoms with van der Waals surface area (Å²) in [6.45, 7) is 6.17. The molecule has 2 rings (SSSR count). The molecule has 148 valence electrons. The minimum absolute atomic E-state index is 0.0516. The lowest BCUT2D eigenvalue weighted by atomic mass is 10.0. The molecule has 9 heteroatoms. The smallest absolute Gasteiger partial charge is 0.328 e. The molecule has 1 atom stereocenters. The Morgan fingerprint density at radius 2 is 1.78 bits per heavy atom. The lowest BCUT2D eigenvalue weighted by molar-refractivity contribution is -0.384. The second-order valence-corrected chi connectivity index (χ2v) is 6.90. The Hall–Kier alpha value is -2.84. The number of carbonyl (C=O) groups is 2. The highest BCUT2D eigenvalue weighted by Gasteiger charge is 2.27. The van der Waals surface area contributed by atoms with Gasteiger partial charge in [0, 0.05) is 44.0 Å². The molecule has 0 saturated carbocycles. The van der Waals surface area contributed by atoms with Gasteiger partial charge in [0.2, 0.25) is 0 Å². The number of amides is 2. The second-order valence-electron chi connectivity index (χ2n) is 6.90. The number of hydrogen-bond donors (Lipinski definition) is 1. The van der Waals surface area contributed by atoms with Crippen molar-refractivity contribution in [3.8, 4) is 0 Å². The lowest BCUT2D eigenvalue weighted by Crippen LogP contribution is -2.55. The monoisotopic (exact) mass is 378 g/mol. The van der Waals surface area contributed by atoms with E-state index in [2.05, 4.69) is 10.2 Å². The van der Waals surface area contributed by atoms with E-state index in [-0.39, 0.29) is 17.6 Å². The van der Waals surface area contributed by atoms with Crippen molar-refractivity contribution in [3.05, 3.63) is 34.4 Å². The summed E-state index contributed by atoms with van der Waals surface area (Å²) in [4.78, 5) is 38.4. The Morgan fingerprint density at radius 1 is 1.19 bits per heavy atom. The van der Waals surface area contributed by atoms with Crippen LogP contribution in [-0.4, -0.2) is 61.2 Å². The summed E-state index contributed by atoms with van der Waals surface area (Å²) in [7, 11) is 1.31. The molecule has 1 unspecified atom stereocenters. The number of benzene rings is 1. The number of esters is 1. The first-order valence-electron chi connectivity index (χ1n) is 8.94. The maximum absolute atomic E-state index is 12.5. The third-order valence-corrected chi connectivity index (χ3v) is 4.48. The molecule has 1 saturated heterocycles. The quantitative estimate of drug-likeness (QED) is 0.461. The molecule has 1 aliphatic rings. The number of carbonyl (C=O) groups excluding carboxylic acids is 2. The van der Waals surface area contributed by atoms with Gasteiger partial charge in [-0.1, -0.05) is 13.8 Å². The molecule has 1 fully saturated rings. The van der Waals surface area contributed by atoms with E-state index < -0.39 is 16.9 Å². The van der Waals surface area contributed by atoms with E-state index in [0.717, 1.165) is 5.69 Å². The number of non-ortho nitro benzene ring substituents is 1. The van der Waals surface area contributed by atoms with E-state index in [1.54, 1.807) is 17.0 Å². The van der Waals surface area contributed by atoms with Crippen molar-refractivity contribution in [1.82, 2.24) is 10.2 Å². The molecule has 0 aliphatic carbocycles. The lowest BCUT2D eigenvalue weighted by Gasteiger charge is -2.36. The number of piperazine rings is 1. The minimum atomic E-state index is -0.657. The molecule has 9 nitrogen and oxygen atoms in total. The molecule has 2 amide bonds. The average Bonchev–Trinajstić information content (AvgIpc) is 2.66. The summed E-state index contributed by atoms with van der Waals surface area (Å²) in [6.07, 6.45) is 0.515. The van der Waals surface area contributed by atoms with Crippen LogP contribution < -0.4 is 10.2 Å². The van der Waals surface area contributed by atoms with Crippen molar-refractivity contribution in [2.45, 2.75) is 26.3 Å². The number of ether oxygens (including phenoxy) is 1. The summed E-state index contributed by atoms with van der Waals surface area (Å²) in [6, 6.07) is 5.43. The number of nitrogens with zero attached hydrogens (tertiary/aromatic N) is 3. The normalized spacial score (nSPS) is 15.4. The highest BCUT2D eigenvalue weighted by molar-refractivity contribution is 5.83. The first-order chi connectivity index (χ1) is 12.8. The van der Waals surface area contributed by atoms with Gasteiger partial charge >= 0.3 is 12.0 Å². The van der Waals surface area contributed by atoms with Crippen LogP contribution in [0.25, 0.3) is 0 Å². The summed E-state index contributed by atoms with van der Waals surface area (Å²) in [5, 5.41) is 13.5. The molecular weight excluding hydrogens is 352 g/mol. The van der Waals surface area contributed by atoms with Gasteiger partial charge in [-0.05, 0) is 24.5 Å². The zero-order valence-electron chi connectivity index (χ0n) is 15.9. The molecule has 0 spiro atoms. The van der Waals surface area contributed by atoms with E-state index in [4.69, 9.17) is 4.74 Å². The zero-order valence-corrected chi connectivity index (χ0v) is 15.9. The molecule has 0 radical (unpaired) electrons. The van der Waals surface area contributed by atoms with Gasteiger partial charge in [0.25, 0.3) is 5.69 Å². The SMILES string of the molecule is COC(=O)C(CC(C)C)NC(=O)N1CCN(c2ccc([N+](=O)[O-])cc2)CC1. The number of hydrogen-bond acceptors (Lipinski definition) is 6. The van der Waals surface area contributed by atoms with E-state index in [1.807, 2.05) is 13.8 Å². The van der Waals surface area contributed by atoms with Gasteiger partial charge in [0.05, 0.1) is 12.0 Å². The predicted octanol–water partition coefficient (Wildman–Crippen LogP) is 2.01. The number of anilines is 1. The molecular formula is C18H26N4O5. The highest BCUT2D eigenvalue weighted by Crippen LogP contribution is 2.20. The first-order valence-corrected chi connectivity index (χ1v) is 8.94. The van der Waals surface area contributed by atoms with Crippen LogP contribution in [0.15, 0.2) is 24.3 Å². The Labute approximate surface area is 158 Å². The van der Waals surface area contributed by atoms with Crippen LogP contribution >= 0.6 is 0 Å². The van der Waals surface area contributed by atoms with Crippen LogP contribution in [-0.2, 0) is 9.53 Å². The molecule has 0 bridgehead atoms. The Balaban J connectivity index is 1.90. The molecule has 1 N–H and O–H groups in total. The highest BCUT2D eigenvalue weighted by atomic mass is 16.6. The van der Waals surface area contributed by atoms with E-state index in [1.165, 1.54) is 19.2 Å². The topological polar surface area (TPSA) is 105 Å². The third-order valence-electron chi connectivity index (χ3n) is 4.48. The van der Waals surface area contributed by atoms with Crippen molar-refractivity contribution < 1.29 is 19.2 Å². The fourth-order valence-corrected chi connectivity index (χ4v) is 3.02. The number of methoxy groups -OCH3 is 1. The van der Waals surface area contributed by atoms with Crippen LogP contribution in [0.2, 0.25) is 0 Å². The average molecular weight is 378 g/mol. The number of nitrogens with one attached hydrogen (secondary N) is 1. The van der Waals surface area contributed by atoms with Gasteiger partial charge in [0.1, 0.15) is 6.04 Å². The van der Waals surface area contributed by atoms with Gasteiger partial charge in [0.15, 0.2) is 0 Å². The number of nitro benzene ring substituents is 1. The van der Waals surface area contributed by atoms with Crippen molar-refractivity contribution in [2.24, 2.45) is 5.92 Å². The standard InChI is InChI=1S/C18H26N4O5/c1-13(2)12-16(17(23)27-3)19-18(24)21-10-8-20(9-11-21)14-4-6-15(7-5-14)22(25)26/h4-7,13,16H,8-12H2,1-3H3,(H,19,24). The number of rotatable bonds is 6. The Bertz CT molecular complexity index is 669. The molecule has 1 heterocycles. The fraction of sp³-hybridized carbons (Fsp3) is 0.556. The van der Waals surface area contributed by atoms with Crippen molar-refractivity contribution in [2.75, 3.05) is 38.2 Å². The summed E-state index contributed by atoms with van der Waals surface area (Å²) in [5.41, 5.74) is 0.934. The predicted molar refractivity (Wildman–Crippen MR) is 101 cm³/mol. The zero-order chi connectivity index (χ0) is 20.0. The summed E-state index contributed by atoms with van der Waals surface area (Å²) in [5.74, 6) is -0.199. The van der Waals surface area contributed by atoms with Gasteiger partial charge in [-0.25, -0.2) is 9.59 Å². The fourth-order valence-electron chi connectivity index (χ4n) is 3.02. The van der Waals surface area contributed by atoms with Crippen LogP contribution in [0, 0.1) is 16.0 Å². The Morgan fingerprint density at radius 3 is 2.26 bits per heavy atom. The molecule has 1 aliphatic heterocycles. The van der Waals surface area contributed by atoms with Gasteiger partial charge in [-0.15, -0.1) is 0 Å². The van der Waals surface area contributed by atoms with Crippen LogP contribution in [0.4, 0.5) is 16.2 Å². The van der Waals surface area contributed by atoms with E-state index >= 15 is 0 Å². The minimum Gasteiger partial charge on any atom is -0.467 e. The van der Waals surface area contributed by atoms with Crippen molar-refractivity contribution >= 4 is 23.4 Å². The largest absolute Gasteiger partial charge is 0.467 e. The van der Waals surface area contributed by atoms with Gasteiger partial charge in [-0.2, -0.15) is 0 Å². The van der Waals surface area contributed by atoms with Crippen LogP contribution in [0.3, 0.4) is 0 Å². The molecule has 1 aromatic carbocycles. The number of urea groups is 1. The van der Waals surface area contributed by atoms with Crippen LogP contribution in [0.5, 0.6) is 0 Å². The molecule has 27 heavy (non-hydrogen) atoms. The Kier molecular flexibility index (Phi) is 6.98. The third kappa shape index (κ3) is 5.57. The van der Waals surface area contributed by atoms with Crippen LogP contribution in [0.1, 0.15) is 20.3 Å². The maximum Gasteiger partial charge on any atom is 0.328 e. The van der Waals surface area contributed by atoms with Crippen molar-refractivity contribution in [3.63, 3.8) is 0 Å². The maximum atomic E-state index is 12.5. The van der Waals surface area contributed by atoms with Gasteiger partial charge in [-0.3, -0.25) is 10.1 Å².